The Balaban J connectivity index is 1.51. The fourth-order valence-corrected chi connectivity index (χ4v) is 7.52. The van der Waals surface area contributed by atoms with Gasteiger partial charge < -0.3 is 10.4 Å². The fraction of sp³-hybridized carbons (Fsp3) is 0.864. The van der Waals surface area contributed by atoms with Gasteiger partial charge in [-0.15, -0.1) is 16.5 Å². The molecule has 0 heterocycles. The molecule has 2 N–H and O–H groups in total. The number of halogens is 1. The molecule has 0 radical (unpaired) electrons. The highest BCUT2D eigenvalue weighted by molar-refractivity contribution is 6.18. The maximum absolute atomic E-state index is 12.5. The Morgan fingerprint density at radius 1 is 1.28 bits per heavy atom. The van der Waals surface area contributed by atoms with E-state index >= 15 is 0 Å². The highest BCUT2D eigenvalue weighted by Crippen LogP contribution is 2.64. The Morgan fingerprint density at radius 2 is 2.07 bits per heavy atom. The van der Waals surface area contributed by atoms with Crippen LogP contribution in [0.5, 0.6) is 0 Å². The van der Waals surface area contributed by atoms with Crippen LogP contribution in [0.25, 0.3) is 0 Å². The number of fused-ring (bicyclic) bond motifs is 5. The van der Waals surface area contributed by atoms with Gasteiger partial charge in [0.15, 0.2) is 0 Å². The van der Waals surface area contributed by atoms with Crippen molar-refractivity contribution in [3.63, 3.8) is 0 Å². The van der Waals surface area contributed by atoms with Crippen molar-refractivity contribution in [3.8, 4) is 0 Å². The predicted molar refractivity (Wildman–Crippen MR) is 113 cm³/mol. The number of nitrogens with zero attached hydrogens (tertiary/aromatic N) is 2. The third-order valence-corrected chi connectivity index (χ3v) is 9.17. The van der Waals surface area contributed by atoms with Gasteiger partial charge in [0.05, 0.1) is 17.9 Å². The number of rotatable bonds is 4. The number of amides is 2. The zero-order chi connectivity index (χ0) is 20.8. The van der Waals surface area contributed by atoms with E-state index in [2.05, 4.69) is 30.5 Å². The van der Waals surface area contributed by atoms with Crippen molar-refractivity contribution >= 4 is 17.6 Å². The first kappa shape index (κ1) is 21.1. The van der Waals surface area contributed by atoms with E-state index < -0.39 is 6.03 Å². The normalized spacial score (nSPS) is 43.4. The van der Waals surface area contributed by atoms with Crippen molar-refractivity contribution in [1.82, 2.24) is 10.3 Å². The van der Waals surface area contributed by atoms with Gasteiger partial charge in [-0.25, -0.2) is 4.79 Å². The molecule has 4 aliphatic carbocycles. The zero-order valence-electron chi connectivity index (χ0n) is 17.6. The molecule has 162 valence electrons. The molecule has 0 aromatic rings. The topological polar surface area (TPSA) is 82.0 Å². The van der Waals surface area contributed by atoms with Crippen LogP contribution >= 0.6 is 11.6 Å². The largest absolute Gasteiger partial charge is 0.393 e. The van der Waals surface area contributed by atoms with Gasteiger partial charge in [0.1, 0.15) is 0 Å². The molecule has 0 aliphatic heterocycles. The monoisotopic (exact) mass is 423 g/mol. The Kier molecular flexibility index (Phi) is 5.71. The van der Waals surface area contributed by atoms with Gasteiger partial charge >= 0.3 is 6.03 Å². The first-order chi connectivity index (χ1) is 13.8. The molecule has 7 heteroatoms. The van der Waals surface area contributed by atoms with E-state index in [0.717, 1.165) is 50.0 Å². The number of hydrogen-bond acceptors (Lipinski definition) is 4. The average Bonchev–Trinajstić information content (AvgIpc) is 3.03. The van der Waals surface area contributed by atoms with Crippen molar-refractivity contribution in [2.45, 2.75) is 77.4 Å². The van der Waals surface area contributed by atoms with Crippen molar-refractivity contribution in [1.29, 1.82) is 0 Å². The maximum atomic E-state index is 12.5. The second kappa shape index (κ2) is 7.84. The summed E-state index contributed by atoms with van der Waals surface area (Å²) in [6.07, 6.45) is 10.5. The molecule has 7 atom stereocenters. The summed E-state index contributed by atoms with van der Waals surface area (Å²) in [7, 11) is 0. The van der Waals surface area contributed by atoms with Crippen LogP contribution in [-0.2, 0) is 0 Å². The summed E-state index contributed by atoms with van der Waals surface area (Å²) in [4.78, 5) is 23.5. The highest BCUT2D eigenvalue weighted by atomic mass is 35.5. The lowest BCUT2D eigenvalue weighted by Gasteiger charge is -2.58. The Hall–Kier alpha value is -1.14. The molecule has 4 rings (SSSR count). The number of aliphatic hydroxyl groups is 1. The molecule has 4 unspecified atom stereocenters. The molecular weight excluding hydrogens is 390 g/mol. The van der Waals surface area contributed by atoms with Crippen molar-refractivity contribution in [3.05, 3.63) is 16.6 Å². The number of hydrogen-bond donors (Lipinski definition) is 2. The molecule has 3 saturated carbocycles. The molecule has 3 fully saturated rings. The molecule has 0 spiro atoms. The lowest BCUT2D eigenvalue weighted by Crippen LogP contribution is -2.55. The van der Waals surface area contributed by atoms with Crippen LogP contribution in [-0.4, -0.2) is 40.7 Å². The number of aliphatic hydroxyl groups excluding tert-OH is 1. The third kappa shape index (κ3) is 3.40. The predicted octanol–water partition coefficient (Wildman–Crippen LogP) is 4.61. The van der Waals surface area contributed by atoms with Crippen LogP contribution in [0.2, 0.25) is 0 Å². The quantitative estimate of drug-likeness (QED) is 0.300. The lowest BCUT2D eigenvalue weighted by atomic mass is 9.48. The molecule has 29 heavy (non-hydrogen) atoms. The van der Waals surface area contributed by atoms with Gasteiger partial charge in [-0.05, 0) is 80.0 Å². The first-order valence-electron chi connectivity index (χ1n) is 11.2. The smallest absolute Gasteiger partial charge is 0.340 e. The average molecular weight is 424 g/mol. The van der Waals surface area contributed by atoms with E-state index in [1.165, 1.54) is 12.0 Å². The van der Waals surface area contributed by atoms with Crippen molar-refractivity contribution in [2.75, 3.05) is 12.4 Å². The summed E-state index contributed by atoms with van der Waals surface area (Å²) in [5.41, 5.74) is 1.77. The zero-order valence-corrected chi connectivity index (χ0v) is 18.3. The number of allylic oxidation sites excluding steroid dienone is 1. The van der Waals surface area contributed by atoms with Gasteiger partial charge in [0, 0.05) is 11.9 Å². The molecule has 4 aliphatic rings. The van der Waals surface area contributed by atoms with Gasteiger partial charge in [-0.2, -0.15) is 5.01 Å². The number of alkyl halides is 1. The maximum Gasteiger partial charge on any atom is 0.340 e. The van der Waals surface area contributed by atoms with Gasteiger partial charge in [-0.1, -0.05) is 25.5 Å². The SMILES string of the molecule is CC12CCC(O)CC1=CCC1[C@@H]2CCC2(C)[C@@H](NC(=O)N(CCCl)N=O)CC[C@@H]12. The molecule has 0 aromatic heterocycles. The van der Waals surface area contributed by atoms with Gasteiger partial charge in [0.25, 0.3) is 0 Å². The summed E-state index contributed by atoms with van der Waals surface area (Å²) < 4.78 is 0. The summed E-state index contributed by atoms with van der Waals surface area (Å²) in [6, 6.07) is -0.347. The lowest BCUT2D eigenvalue weighted by molar-refractivity contribution is -0.0426. The van der Waals surface area contributed by atoms with E-state index in [-0.39, 0.29) is 35.4 Å². The van der Waals surface area contributed by atoms with Crippen LogP contribution in [0.1, 0.15) is 65.2 Å². The summed E-state index contributed by atoms with van der Waals surface area (Å²) in [5, 5.41) is 17.0. The van der Waals surface area contributed by atoms with Gasteiger partial charge in [0.2, 0.25) is 0 Å². The molecule has 0 bridgehead atoms. The number of urea groups is 1. The number of carbonyl (C=O) groups excluding carboxylic acids is 1. The summed E-state index contributed by atoms with van der Waals surface area (Å²) >= 11 is 5.69. The fourth-order valence-electron chi connectivity index (χ4n) is 7.36. The Bertz CT molecular complexity index is 701. The van der Waals surface area contributed by atoms with Crippen LogP contribution in [0, 0.1) is 33.5 Å². The van der Waals surface area contributed by atoms with Crippen LogP contribution in [0.3, 0.4) is 0 Å². The Morgan fingerprint density at radius 3 is 2.79 bits per heavy atom. The van der Waals surface area contributed by atoms with Crippen molar-refractivity contribution in [2.24, 2.45) is 33.9 Å². The van der Waals surface area contributed by atoms with Crippen molar-refractivity contribution < 1.29 is 9.90 Å². The third-order valence-electron chi connectivity index (χ3n) is 9.00. The minimum atomic E-state index is -0.422. The molecule has 6 nitrogen and oxygen atoms in total. The highest BCUT2D eigenvalue weighted by Gasteiger charge is 2.58. The molecule has 0 saturated heterocycles. The van der Waals surface area contributed by atoms with E-state index in [1.54, 1.807) is 0 Å². The second-order valence-electron chi connectivity index (χ2n) is 10.2. The van der Waals surface area contributed by atoms with Gasteiger partial charge in [-0.3, -0.25) is 0 Å². The minimum absolute atomic E-state index is 0.0578. The number of nitrogens with one attached hydrogen (secondary N) is 1. The molecule has 2 amide bonds. The molecular formula is C22H34ClN3O3. The van der Waals surface area contributed by atoms with Crippen LogP contribution in [0.4, 0.5) is 4.79 Å². The van der Waals surface area contributed by atoms with Crippen LogP contribution in [0.15, 0.2) is 16.9 Å². The summed E-state index contributed by atoms with van der Waals surface area (Å²) in [5.74, 6) is 2.09. The number of carbonyl (C=O) groups is 1. The Labute approximate surface area is 178 Å². The first-order valence-corrected chi connectivity index (χ1v) is 11.7. The summed E-state index contributed by atoms with van der Waals surface area (Å²) in [6.45, 7) is 4.89. The van der Waals surface area contributed by atoms with E-state index in [0.29, 0.717) is 17.8 Å². The van der Waals surface area contributed by atoms with E-state index in [4.69, 9.17) is 11.6 Å². The number of nitroso groups, excluding NO2 is 1. The minimum Gasteiger partial charge on any atom is -0.393 e. The second-order valence-corrected chi connectivity index (χ2v) is 10.6. The van der Waals surface area contributed by atoms with E-state index in [1.807, 2.05) is 0 Å². The van der Waals surface area contributed by atoms with Crippen LogP contribution < -0.4 is 5.32 Å². The standard InChI is InChI=1S/C22H34ClN3O3/c1-21-9-7-15(27)13-14(21)3-4-16-17-5-6-19(22(17,2)10-8-18(16)21)24-20(28)26(25-29)12-11-23/h3,15-19,27H,4-13H2,1-2H3,(H,24,28)/t15?,16?,17-,18-,19-,21?,22?/m0/s1. The molecule has 0 aromatic carbocycles. The van der Waals surface area contributed by atoms with E-state index in [9.17, 15) is 14.8 Å².